The van der Waals surface area contributed by atoms with Gasteiger partial charge in [-0.3, -0.25) is 9.59 Å². The van der Waals surface area contributed by atoms with Crippen LogP contribution in [0.5, 0.6) is 0 Å². The van der Waals surface area contributed by atoms with Gasteiger partial charge >= 0.3 is 11.9 Å². The Balaban J connectivity index is 2.53. The van der Waals surface area contributed by atoms with E-state index in [0.717, 1.165) is 12.8 Å². The fraction of sp³-hybridized carbons (Fsp3) is 0.875. The molecular formula is C16H28O5. The SMILES string of the molecule is CCCCCCCCC1(CC(OC)OC)CC(=O)OC1=O. The summed E-state index contributed by atoms with van der Waals surface area (Å²) in [7, 11) is 3.07. The first-order valence-electron chi connectivity index (χ1n) is 7.88. The smallest absolute Gasteiger partial charge is 0.320 e. The van der Waals surface area contributed by atoms with Crippen molar-refractivity contribution in [3.05, 3.63) is 0 Å². The van der Waals surface area contributed by atoms with Crippen molar-refractivity contribution >= 4 is 11.9 Å². The van der Waals surface area contributed by atoms with E-state index in [1.165, 1.54) is 39.9 Å². The number of ether oxygens (including phenoxy) is 3. The van der Waals surface area contributed by atoms with Gasteiger partial charge < -0.3 is 14.2 Å². The number of carbonyl (C=O) groups excluding carboxylic acids is 2. The first-order valence-corrected chi connectivity index (χ1v) is 7.88. The number of hydrogen-bond acceptors (Lipinski definition) is 5. The Hall–Kier alpha value is -0.940. The number of esters is 2. The third-order valence-corrected chi connectivity index (χ3v) is 4.21. The van der Waals surface area contributed by atoms with E-state index in [2.05, 4.69) is 6.92 Å². The summed E-state index contributed by atoms with van der Waals surface area (Å²) in [4.78, 5) is 23.6. The molecule has 0 spiro atoms. The normalized spacial score (nSPS) is 22.1. The van der Waals surface area contributed by atoms with Gasteiger partial charge in [-0.2, -0.15) is 0 Å². The van der Waals surface area contributed by atoms with E-state index >= 15 is 0 Å². The fourth-order valence-corrected chi connectivity index (χ4v) is 2.87. The third kappa shape index (κ3) is 5.40. The fourth-order valence-electron chi connectivity index (χ4n) is 2.87. The van der Waals surface area contributed by atoms with Crippen LogP contribution in [0.15, 0.2) is 0 Å². The summed E-state index contributed by atoms with van der Waals surface area (Å²) in [6, 6.07) is 0. The zero-order valence-electron chi connectivity index (χ0n) is 13.5. The monoisotopic (exact) mass is 300 g/mol. The van der Waals surface area contributed by atoms with Gasteiger partial charge in [0, 0.05) is 20.6 Å². The number of carbonyl (C=O) groups is 2. The minimum absolute atomic E-state index is 0.143. The first kappa shape index (κ1) is 18.1. The molecule has 0 aromatic heterocycles. The number of hydrogen-bond donors (Lipinski definition) is 0. The van der Waals surface area contributed by atoms with E-state index in [0.29, 0.717) is 12.8 Å². The zero-order chi connectivity index (χ0) is 15.7. The lowest BCUT2D eigenvalue weighted by Crippen LogP contribution is -2.33. The van der Waals surface area contributed by atoms with Crippen molar-refractivity contribution < 1.29 is 23.8 Å². The Bertz CT molecular complexity index is 338. The Labute approximate surface area is 127 Å². The van der Waals surface area contributed by atoms with Crippen molar-refractivity contribution in [3.8, 4) is 0 Å². The highest BCUT2D eigenvalue weighted by molar-refractivity contribution is 5.97. The van der Waals surface area contributed by atoms with Crippen LogP contribution in [-0.2, 0) is 23.8 Å². The van der Waals surface area contributed by atoms with Crippen LogP contribution in [0.1, 0.15) is 64.7 Å². The zero-order valence-corrected chi connectivity index (χ0v) is 13.5. The average molecular weight is 300 g/mol. The molecule has 1 unspecified atom stereocenters. The van der Waals surface area contributed by atoms with E-state index in [4.69, 9.17) is 14.2 Å². The molecule has 0 bridgehead atoms. The van der Waals surface area contributed by atoms with E-state index in [1.807, 2.05) is 0 Å². The molecule has 0 aliphatic carbocycles. The largest absolute Gasteiger partial charge is 0.393 e. The third-order valence-electron chi connectivity index (χ3n) is 4.21. The molecule has 1 fully saturated rings. The van der Waals surface area contributed by atoms with Crippen molar-refractivity contribution in [2.24, 2.45) is 5.41 Å². The molecule has 122 valence electrons. The summed E-state index contributed by atoms with van der Waals surface area (Å²) in [5.74, 6) is -0.850. The molecule has 0 radical (unpaired) electrons. The van der Waals surface area contributed by atoms with Gasteiger partial charge in [0.2, 0.25) is 0 Å². The second kappa shape index (κ2) is 9.15. The van der Waals surface area contributed by atoms with Crippen LogP contribution in [0, 0.1) is 5.41 Å². The minimum atomic E-state index is -0.765. The molecule has 1 heterocycles. The van der Waals surface area contributed by atoms with Gasteiger partial charge in [0.1, 0.15) is 0 Å². The second-order valence-electron chi connectivity index (χ2n) is 5.84. The molecule has 5 nitrogen and oxygen atoms in total. The molecule has 0 aromatic carbocycles. The molecule has 0 aromatic rings. The summed E-state index contributed by atoms with van der Waals surface area (Å²) in [5, 5.41) is 0. The topological polar surface area (TPSA) is 61.8 Å². The van der Waals surface area contributed by atoms with Crippen LogP contribution >= 0.6 is 0 Å². The maximum atomic E-state index is 12.1. The lowest BCUT2D eigenvalue weighted by atomic mass is 9.77. The van der Waals surface area contributed by atoms with E-state index in [1.54, 1.807) is 0 Å². The predicted molar refractivity (Wildman–Crippen MR) is 78.6 cm³/mol. The molecule has 1 atom stereocenters. The van der Waals surface area contributed by atoms with Crippen molar-refractivity contribution in [1.82, 2.24) is 0 Å². The van der Waals surface area contributed by atoms with Crippen LogP contribution in [0.25, 0.3) is 0 Å². The van der Waals surface area contributed by atoms with Gasteiger partial charge in [-0.25, -0.2) is 0 Å². The highest BCUT2D eigenvalue weighted by Crippen LogP contribution is 2.41. The van der Waals surface area contributed by atoms with Crippen molar-refractivity contribution in [1.29, 1.82) is 0 Å². The summed E-state index contributed by atoms with van der Waals surface area (Å²) in [5.41, 5.74) is -0.765. The lowest BCUT2D eigenvalue weighted by molar-refractivity contribution is -0.161. The van der Waals surface area contributed by atoms with Gasteiger partial charge in [0.15, 0.2) is 6.29 Å². The van der Waals surface area contributed by atoms with Gasteiger partial charge in [-0.1, -0.05) is 45.4 Å². The standard InChI is InChI=1S/C16H28O5/c1-4-5-6-7-8-9-10-16(12-14(19-2)20-3)11-13(17)21-15(16)18/h14H,4-12H2,1-3H3. The maximum absolute atomic E-state index is 12.1. The summed E-state index contributed by atoms with van der Waals surface area (Å²) < 4.78 is 15.1. The Kier molecular flexibility index (Phi) is 7.89. The molecule has 5 heteroatoms. The maximum Gasteiger partial charge on any atom is 0.320 e. The molecule has 1 rings (SSSR count). The first-order chi connectivity index (χ1) is 10.1. The van der Waals surface area contributed by atoms with E-state index in [-0.39, 0.29) is 6.42 Å². The van der Waals surface area contributed by atoms with Gasteiger partial charge in [-0.15, -0.1) is 0 Å². The Morgan fingerprint density at radius 3 is 2.24 bits per heavy atom. The summed E-state index contributed by atoms with van der Waals surface area (Å²) in [6.45, 7) is 2.19. The van der Waals surface area contributed by atoms with Crippen molar-refractivity contribution in [2.45, 2.75) is 71.0 Å². The van der Waals surface area contributed by atoms with Crippen molar-refractivity contribution in [3.63, 3.8) is 0 Å². The molecule has 0 saturated carbocycles. The number of methoxy groups -OCH3 is 2. The van der Waals surface area contributed by atoms with E-state index in [9.17, 15) is 9.59 Å². The van der Waals surface area contributed by atoms with Crippen LogP contribution in [0.2, 0.25) is 0 Å². The van der Waals surface area contributed by atoms with Gasteiger partial charge in [0.05, 0.1) is 11.8 Å². The average Bonchev–Trinajstić information content (AvgIpc) is 2.74. The molecule has 0 amide bonds. The highest BCUT2D eigenvalue weighted by atomic mass is 16.7. The Morgan fingerprint density at radius 1 is 1.10 bits per heavy atom. The molecule has 21 heavy (non-hydrogen) atoms. The summed E-state index contributed by atoms with van der Waals surface area (Å²) in [6.07, 6.45) is 7.56. The molecule has 1 aliphatic heterocycles. The molecule has 1 saturated heterocycles. The quantitative estimate of drug-likeness (QED) is 0.254. The predicted octanol–water partition coefficient (Wildman–Crippen LogP) is 3.21. The molecular weight excluding hydrogens is 272 g/mol. The van der Waals surface area contributed by atoms with Crippen LogP contribution in [0.4, 0.5) is 0 Å². The molecule has 0 N–H and O–H groups in total. The van der Waals surface area contributed by atoms with E-state index < -0.39 is 23.6 Å². The molecule has 1 aliphatic rings. The van der Waals surface area contributed by atoms with Gasteiger partial charge in [-0.05, 0) is 6.42 Å². The lowest BCUT2D eigenvalue weighted by Gasteiger charge is -2.27. The minimum Gasteiger partial charge on any atom is -0.393 e. The number of rotatable bonds is 11. The van der Waals surface area contributed by atoms with Gasteiger partial charge in [0.25, 0.3) is 0 Å². The van der Waals surface area contributed by atoms with Crippen LogP contribution in [-0.4, -0.2) is 32.4 Å². The summed E-state index contributed by atoms with van der Waals surface area (Å²) >= 11 is 0. The van der Waals surface area contributed by atoms with Crippen LogP contribution < -0.4 is 0 Å². The highest BCUT2D eigenvalue weighted by Gasteiger charge is 2.49. The second-order valence-corrected chi connectivity index (χ2v) is 5.84. The number of unbranched alkanes of at least 4 members (excludes halogenated alkanes) is 5. The Morgan fingerprint density at radius 2 is 1.71 bits per heavy atom. The van der Waals surface area contributed by atoms with Crippen molar-refractivity contribution in [2.75, 3.05) is 14.2 Å². The number of cyclic esters (lactones) is 2. The van der Waals surface area contributed by atoms with Crippen LogP contribution in [0.3, 0.4) is 0 Å².